The molecule has 0 bridgehead atoms. The van der Waals surface area contributed by atoms with Crippen molar-refractivity contribution in [1.82, 2.24) is 10.3 Å². The number of carbonyl (C=O) groups is 2. The third-order valence-corrected chi connectivity index (χ3v) is 4.51. The monoisotopic (exact) mass is 429 g/mol. The third kappa shape index (κ3) is 5.30. The summed E-state index contributed by atoms with van der Waals surface area (Å²) >= 11 is 5.97. The van der Waals surface area contributed by atoms with E-state index in [1.165, 1.54) is 19.2 Å². The lowest BCUT2D eigenvalue weighted by atomic mass is 10.2. The molecular formula is C21H20ClN3O5. The van der Waals surface area contributed by atoms with E-state index in [-0.39, 0.29) is 10.6 Å². The molecule has 1 heterocycles. The Balaban J connectivity index is 1.51. The van der Waals surface area contributed by atoms with Gasteiger partial charge in [0.2, 0.25) is 5.89 Å². The molecule has 0 saturated carbocycles. The van der Waals surface area contributed by atoms with Gasteiger partial charge in [-0.2, -0.15) is 0 Å². The minimum atomic E-state index is -0.581. The number of carbonyl (C=O) groups excluding carboxylic acids is 2. The summed E-state index contributed by atoms with van der Waals surface area (Å²) in [5, 5.41) is 5.61. The van der Waals surface area contributed by atoms with Crippen molar-refractivity contribution in [3.8, 4) is 17.2 Å². The van der Waals surface area contributed by atoms with Crippen LogP contribution in [0.25, 0.3) is 11.5 Å². The lowest BCUT2D eigenvalue weighted by Crippen LogP contribution is -2.30. The van der Waals surface area contributed by atoms with Crippen molar-refractivity contribution < 1.29 is 23.5 Å². The maximum Gasteiger partial charge on any atom is 0.339 e. The summed E-state index contributed by atoms with van der Waals surface area (Å²) in [5.74, 6) is 0.663. The zero-order chi connectivity index (χ0) is 21.5. The van der Waals surface area contributed by atoms with Crippen LogP contribution >= 0.6 is 11.6 Å². The van der Waals surface area contributed by atoms with E-state index in [0.29, 0.717) is 30.2 Å². The minimum Gasteiger partial charge on any atom is -0.497 e. The maximum atomic E-state index is 12.1. The third-order valence-electron chi connectivity index (χ3n) is 4.18. The number of rotatable bonds is 7. The number of nitrogens with one attached hydrogen (secondary N) is 2. The van der Waals surface area contributed by atoms with Gasteiger partial charge in [-0.1, -0.05) is 11.6 Å². The number of amides is 2. The van der Waals surface area contributed by atoms with Gasteiger partial charge in [-0.15, -0.1) is 0 Å². The van der Waals surface area contributed by atoms with E-state index in [0.717, 1.165) is 11.3 Å². The summed E-state index contributed by atoms with van der Waals surface area (Å²) in [6.07, 6.45) is 2.04. The van der Waals surface area contributed by atoms with Gasteiger partial charge in [0, 0.05) is 24.2 Å². The fraction of sp³-hybridized carbons (Fsp3) is 0.190. The largest absolute Gasteiger partial charge is 0.497 e. The minimum absolute atomic E-state index is 0.172. The van der Waals surface area contributed by atoms with E-state index in [1.54, 1.807) is 19.4 Å². The van der Waals surface area contributed by atoms with E-state index in [4.69, 9.17) is 20.8 Å². The number of methoxy groups -OCH3 is 2. The zero-order valence-corrected chi connectivity index (χ0v) is 17.2. The molecule has 0 saturated heterocycles. The van der Waals surface area contributed by atoms with Gasteiger partial charge < -0.3 is 24.5 Å². The maximum absolute atomic E-state index is 12.1. The van der Waals surface area contributed by atoms with Gasteiger partial charge in [-0.3, -0.25) is 0 Å². The average molecular weight is 430 g/mol. The van der Waals surface area contributed by atoms with Crippen molar-refractivity contribution in [1.29, 1.82) is 0 Å². The Hall–Kier alpha value is -3.52. The van der Waals surface area contributed by atoms with E-state index in [9.17, 15) is 9.59 Å². The number of hydrogen-bond donors (Lipinski definition) is 2. The number of ether oxygens (including phenoxy) is 2. The Kier molecular flexibility index (Phi) is 6.92. The molecular weight excluding hydrogens is 410 g/mol. The number of nitrogens with zero attached hydrogens (tertiary/aromatic N) is 1. The molecule has 2 aromatic carbocycles. The van der Waals surface area contributed by atoms with Crippen LogP contribution in [-0.4, -0.2) is 37.7 Å². The van der Waals surface area contributed by atoms with E-state index in [1.807, 2.05) is 24.3 Å². The second-order valence-corrected chi connectivity index (χ2v) is 6.60. The summed E-state index contributed by atoms with van der Waals surface area (Å²) < 4.78 is 15.3. The van der Waals surface area contributed by atoms with Gasteiger partial charge in [-0.05, 0) is 42.5 Å². The van der Waals surface area contributed by atoms with E-state index >= 15 is 0 Å². The first-order valence-electron chi connectivity index (χ1n) is 9.01. The summed E-state index contributed by atoms with van der Waals surface area (Å²) in [5.41, 5.74) is 2.13. The van der Waals surface area contributed by atoms with Crippen LogP contribution in [0.4, 0.5) is 10.5 Å². The van der Waals surface area contributed by atoms with Crippen molar-refractivity contribution in [2.75, 3.05) is 26.1 Å². The van der Waals surface area contributed by atoms with Crippen molar-refractivity contribution in [2.45, 2.75) is 6.42 Å². The molecule has 0 aliphatic heterocycles. The molecule has 0 atom stereocenters. The molecule has 2 amide bonds. The second-order valence-electron chi connectivity index (χ2n) is 6.19. The number of benzene rings is 2. The Morgan fingerprint density at radius 3 is 2.60 bits per heavy atom. The standard InChI is InChI=1S/C21H20ClN3O5/c1-28-16-6-3-13(4-7-16)19-24-15(12-30-19)9-10-23-21(27)25-14-5-8-18(22)17(11-14)20(26)29-2/h3-8,11-12H,9-10H2,1-2H3,(H2,23,25,27). The normalized spacial score (nSPS) is 10.4. The van der Waals surface area contributed by atoms with Gasteiger partial charge in [0.1, 0.15) is 12.0 Å². The topological polar surface area (TPSA) is 103 Å². The predicted octanol–water partition coefficient (Wildman–Crippen LogP) is 4.15. The van der Waals surface area contributed by atoms with Gasteiger partial charge in [0.25, 0.3) is 0 Å². The molecule has 9 heteroatoms. The average Bonchev–Trinajstić information content (AvgIpc) is 3.23. The van der Waals surface area contributed by atoms with Crippen LogP contribution in [0.1, 0.15) is 16.1 Å². The molecule has 1 aromatic heterocycles. The van der Waals surface area contributed by atoms with Crippen molar-refractivity contribution in [2.24, 2.45) is 0 Å². The van der Waals surface area contributed by atoms with Crippen LogP contribution in [-0.2, 0) is 11.2 Å². The first-order chi connectivity index (χ1) is 14.5. The van der Waals surface area contributed by atoms with Crippen molar-refractivity contribution in [3.05, 3.63) is 65.0 Å². The highest BCUT2D eigenvalue weighted by Gasteiger charge is 2.13. The highest BCUT2D eigenvalue weighted by Crippen LogP contribution is 2.22. The molecule has 0 aliphatic rings. The van der Waals surface area contributed by atoms with Crippen LogP contribution < -0.4 is 15.4 Å². The number of oxazole rings is 1. The van der Waals surface area contributed by atoms with Gasteiger partial charge in [0.05, 0.1) is 30.5 Å². The summed E-state index contributed by atoms with van der Waals surface area (Å²) in [6, 6.07) is 11.5. The molecule has 3 rings (SSSR count). The summed E-state index contributed by atoms with van der Waals surface area (Å²) in [4.78, 5) is 28.2. The molecule has 0 unspecified atom stereocenters. The summed E-state index contributed by atoms with van der Waals surface area (Å²) in [6.45, 7) is 0.345. The first-order valence-corrected chi connectivity index (χ1v) is 9.39. The Morgan fingerprint density at radius 1 is 1.13 bits per heavy atom. The number of esters is 1. The molecule has 0 fully saturated rings. The lowest BCUT2D eigenvalue weighted by molar-refractivity contribution is 0.0601. The second kappa shape index (κ2) is 9.80. The number of anilines is 1. The first kappa shape index (κ1) is 21.2. The molecule has 2 N–H and O–H groups in total. The van der Waals surface area contributed by atoms with E-state index in [2.05, 4.69) is 20.4 Å². The molecule has 8 nitrogen and oxygen atoms in total. The number of urea groups is 1. The Bertz CT molecular complexity index is 1030. The SMILES string of the molecule is COC(=O)c1cc(NC(=O)NCCc2coc(-c3ccc(OC)cc3)n2)ccc1Cl. The Labute approximate surface area is 178 Å². The Morgan fingerprint density at radius 2 is 1.90 bits per heavy atom. The number of hydrogen-bond acceptors (Lipinski definition) is 6. The van der Waals surface area contributed by atoms with Gasteiger partial charge in [-0.25, -0.2) is 14.6 Å². The highest BCUT2D eigenvalue weighted by atomic mass is 35.5. The zero-order valence-electron chi connectivity index (χ0n) is 16.4. The van der Waals surface area contributed by atoms with E-state index < -0.39 is 12.0 Å². The fourth-order valence-corrected chi connectivity index (χ4v) is 2.83. The molecule has 156 valence electrons. The number of aromatic nitrogens is 1. The molecule has 0 aliphatic carbocycles. The van der Waals surface area contributed by atoms with Crippen LogP contribution in [0.15, 0.2) is 53.1 Å². The predicted molar refractivity (Wildman–Crippen MR) is 112 cm³/mol. The van der Waals surface area contributed by atoms with Crippen LogP contribution in [0.2, 0.25) is 5.02 Å². The fourth-order valence-electron chi connectivity index (χ4n) is 2.64. The quantitative estimate of drug-likeness (QED) is 0.547. The van der Waals surface area contributed by atoms with Crippen molar-refractivity contribution in [3.63, 3.8) is 0 Å². The van der Waals surface area contributed by atoms with Crippen molar-refractivity contribution >= 4 is 29.3 Å². The van der Waals surface area contributed by atoms with Gasteiger partial charge in [0.15, 0.2) is 0 Å². The van der Waals surface area contributed by atoms with Crippen LogP contribution in [0.3, 0.4) is 0 Å². The van der Waals surface area contributed by atoms with Gasteiger partial charge >= 0.3 is 12.0 Å². The molecule has 0 spiro atoms. The molecule has 3 aromatic rings. The lowest BCUT2D eigenvalue weighted by Gasteiger charge is -2.09. The highest BCUT2D eigenvalue weighted by molar-refractivity contribution is 6.33. The van der Waals surface area contributed by atoms with Crippen LogP contribution in [0.5, 0.6) is 5.75 Å². The van der Waals surface area contributed by atoms with Crippen LogP contribution in [0, 0.1) is 0 Å². The summed E-state index contributed by atoms with van der Waals surface area (Å²) in [7, 11) is 2.86. The molecule has 0 radical (unpaired) electrons. The number of halogens is 1. The molecule has 30 heavy (non-hydrogen) atoms. The smallest absolute Gasteiger partial charge is 0.339 e.